The molecule has 0 N–H and O–H groups in total. The number of hydrogen-bond acceptors (Lipinski definition) is 3. The minimum Gasteiger partial charge on any atom is -0.459 e. The second-order valence-corrected chi connectivity index (χ2v) is 5.20. The van der Waals surface area contributed by atoms with Gasteiger partial charge in [-0.1, -0.05) is 22.0 Å². The largest absolute Gasteiger partial charge is 0.459 e. The molecule has 20 heavy (non-hydrogen) atoms. The summed E-state index contributed by atoms with van der Waals surface area (Å²) in [6.07, 6.45) is 4.99. The van der Waals surface area contributed by atoms with Crippen LogP contribution in [-0.2, 0) is 0 Å². The molecule has 0 radical (unpaired) electrons. The fourth-order valence-electron chi connectivity index (χ4n) is 2.16. The van der Waals surface area contributed by atoms with Crippen LogP contribution in [0.4, 0.5) is 5.69 Å². The third kappa shape index (κ3) is 2.04. The van der Waals surface area contributed by atoms with Gasteiger partial charge >= 0.3 is 0 Å². The van der Waals surface area contributed by atoms with Crippen molar-refractivity contribution in [1.29, 1.82) is 5.26 Å². The van der Waals surface area contributed by atoms with Crippen LogP contribution in [0.2, 0.25) is 0 Å². The number of nitriles is 1. The second kappa shape index (κ2) is 4.99. The summed E-state index contributed by atoms with van der Waals surface area (Å²) in [5.41, 5.74) is 1.58. The van der Waals surface area contributed by atoms with E-state index in [9.17, 15) is 10.1 Å². The molecule has 4 nitrogen and oxygen atoms in total. The van der Waals surface area contributed by atoms with Gasteiger partial charge in [-0.3, -0.25) is 9.69 Å². The van der Waals surface area contributed by atoms with Gasteiger partial charge in [-0.25, -0.2) is 0 Å². The summed E-state index contributed by atoms with van der Waals surface area (Å²) < 4.78 is 6.06. The Labute approximate surface area is 124 Å². The van der Waals surface area contributed by atoms with Crippen LogP contribution < -0.4 is 4.90 Å². The predicted molar refractivity (Wildman–Crippen MR) is 78.1 cm³/mol. The van der Waals surface area contributed by atoms with E-state index in [4.69, 9.17) is 4.42 Å². The highest BCUT2D eigenvalue weighted by atomic mass is 79.9. The minimum atomic E-state index is -0.638. The number of carbonyl (C=O) groups excluding carboxylic acids is 1. The maximum Gasteiger partial charge on any atom is 0.295 e. The van der Waals surface area contributed by atoms with E-state index in [1.54, 1.807) is 18.2 Å². The van der Waals surface area contributed by atoms with E-state index >= 15 is 0 Å². The molecular formula is C15H9BrN2O2. The molecule has 0 saturated carbocycles. The quantitative estimate of drug-likeness (QED) is 0.803. The first-order chi connectivity index (χ1) is 9.70. The van der Waals surface area contributed by atoms with E-state index in [2.05, 4.69) is 22.0 Å². The summed E-state index contributed by atoms with van der Waals surface area (Å²) in [5, 5.41) is 9.25. The topological polar surface area (TPSA) is 57.2 Å². The molecule has 0 bridgehead atoms. The van der Waals surface area contributed by atoms with Crippen LogP contribution in [-0.4, -0.2) is 11.9 Å². The Morgan fingerprint density at radius 1 is 1.40 bits per heavy atom. The molecule has 0 saturated heterocycles. The van der Waals surface area contributed by atoms with Gasteiger partial charge in [0.05, 0.1) is 18.0 Å². The summed E-state index contributed by atoms with van der Waals surface area (Å²) in [5.74, 6) is -0.108. The third-order valence-corrected chi connectivity index (χ3v) is 3.56. The lowest BCUT2D eigenvalue weighted by Crippen LogP contribution is -2.40. The van der Waals surface area contributed by atoms with Crippen molar-refractivity contribution in [3.8, 4) is 6.07 Å². The monoisotopic (exact) mass is 328 g/mol. The summed E-state index contributed by atoms with van der Waals surface area (Å²) in [4.78, 5) is 14.0. The van der Waals surface area contributed by atoms with Crippen LogP contribution in [0.25, 0.3) is 6.08 Å². The van der Waals surface area contributed by atoms with Gasteiger partial charge in [0.1, 0.15) is 6.04 Å². The summed E-state index contributed by atoms with van der Waals surface area (Å²) in [6.45, 7) is 0. The summed E-state index contributed by atoms with van der Waals surface area (Å²) in [6, 6.07) is 10.3. The Morgan fingerprint density at radius 2 is 2.25 bits per heavy atom. The number of furan rings is 1. The molecule has 98 valence electrons. The Balaban J connectivity index is 2.10. The fourth-order valence-corrected chi connectivity index (χ4v) is 2.54. The Kier molecular flexibility index (Phi) is 3.17. The Hall–Kier alpha value is -2.32. The number of amides is 1. The van der Waals surface area contributed by atoms with Crippen LogP contribution in [0, 0.1) is 11.3 Å². The van der Waals surface area contributed by atoms with E-state index in [1.807, 2.05) is 24.3 Å². The lowest BCUT2D eigenvalue weighted by molar-refractivity contribution is 0.0958. The number of rotatable bonds is 1. The molecular weight excluding hydrogens is 320 g/mol. The Morgan fingerprint density at radius 3 is 2.95 bits per heavy atom. The van der Waals surface area contributed by atoms with Crippen LogP contribution in [0.3, 0.4) is 0 Å². The predicted octanol–water partition coefficient (Wildman–Crippen LogP) is 3.61. The van der Waals surface area contributed by atoms with Crippen LogP contribution in [0.15, 0.2) is 51.6 Å². The van der Waals surface area contributed by atoms with Crippen LogP contribution in [0.5, 0.6) is 0 Å². The van der Waals surface area contributed by atoms with Crippen molar-refractivity contribution in [2.24, 2.45) is 0 Å². The smallest absolute Gasteiger partial charge is 0.295 e. The average Bonchev–Trinajstić information content (AvgIpc) is 2.99. The molecule has 5 heteroatoms. The molecule has 1 aromatic heterocycles. The number of anilines is 1. The van der Waals surface area contributed by atoms with Gasteiger partial charge in [0.15, 0.2) is 5.76 Å². The Bertz CT molecular complexity index is 729. The maximum absolute atomic E-state index is 12.5. The molecule has 0 aliphatic carbocycles. The van der Waals surface area contributed by atoms with Crippen molar-refractivity contribution in [2.75, 3.05) is 4.90 Å². The molecule has 1 aliphatic rings. The minimum absolute atomic E-state index is 0.217. The van der Waals surface area contributed by atoms with Crippen molar-refractivity contribution in [3.05, 3.63) is 58.5 Å². The highest BCUT2D eigenvalue weighted by molar-refractivity contribution is 9.10. The highest BCUT2D eigenvalue weighted by Gasteiger charge is 2.30. The zero-order chi connectivity index (χ0) is 14.1. The summed E-state index contributed by atoms with van der Waals surface area (Å²) >= 11 is 3.40. The number of halogens is 1. The molecule has 1 aromatic carbocycles. The maximum atomic E-state index is 12.5. The number of hydrogen-bond donors (Lipinski definition) is 0. The molecule has 1 atom stereocenters. The van der Waals surface area contributed by atoms with Crippen LogP contribution in [0.1, 0.15) is 16.1 Å². The van der Waals surface area contributed by atoms with Gasteiger partial charge in [-0.05, 0) is 42.0 Å². The fraction of sp³-hybridized carbons (Fsp3) is 0.0667. The van der Waals surface area contributed by atoms with Crippen molar-refractivity contribution < 1.29 is 9.21 Å². The number of benzene rings is 1. The van der Waals surface area contributed by atoms with Gasteiger partial charge < -0.3 is 4.42 Å². The SMILES string of the molecule is N#C[C@H]1C=Cc2cc(Br)ccc2N1C(=O)c1ccco1. The van der Waals surface area contributed by atoms with Crippen molar-refractivity contribution in [3.63, 3.8) is 0 Å². The lowest BCUT2D eigenvalue weighted by atomic mass is 10.0. The molecule has 0 fully saturated rings. The van der Waals surface area contributed by atoms with E-state index in [0.29, 0.717) is 5.69 Å². The number of fused-ring (bicyclic) bond motifs is 1. The number of nitrogens with zero attached hydrogens (tertiary/aromatic N) is 2. The van der Waals surface area contributed by atoms with Gasteiger partial charge in [0.25, 0.3) is 5.91 Å². The molecule has 3 rings (SSSR count). The van der Waals surface area contributed by atoms with Gasteiger partial charge in [0, 0.05) is 4.47 Å². The average molecular weight is 329 g/mol. The van der Waals surface area contributed by atoms with E-state index in [1.165, 1.54) is 11.2 Å². The molecule has 1 amide bonds. The third-order valence-electron chi connectivity index (χ3n) is 3.07. The van der Waals surface area contributed by atoms with Crippen LogP contribution >= 0.6 is 15.9 Å². The first-order valence-electron chi connectivity index (χ1n) is 5.95. The van der Waals surface area contributed by atoms with Gasteiger partial charge in [0.2, 0.25) is 0 Å². The molecule has 1 aliphatic heterocycles. The first-order valence-corrected chi connectivity index (χ1v) is 6.74. The molecule has 2 aromatic rings. The van der Waals surface area contributed by atoms with E-state index < -0.39 is 6.04 Å². The van der Waals surface area contributed by atoms with Gasteiger partial charge in [-0.15, -0.1) is 0 Å². The van der Waals surface area contributed by atoms with E-state index in [0.717, 1.165) is 10.0 Å². The van der Waals surface area contributed by atoms with Crippen molar-refractivity contribution in [2.45, 2.75) is 6.04 Å². The first kappa shape index (κ1) is 12.7. The molecule has 0 unspecified atom stereocenters. The van der Waals surface area contributed by atoms with E-state index in [-0.39, 0.29) is 11.7 Å². The van der Waals surface area contributed by atoms with Crippen molar-refractivity contribution in [1.82, 2.24) is 0 Å². The lowest BCUT2D eigenvalue weighted by Gasteiger charge is -2.29. The normalized spacial score (nSPS) is 16.6. The molecule has 2 heterocycles. The zero-order valence-corrected chi connectivity index (χ0v) is 11.9. The summed E-state index contributed by atoms with van der Waals surface area (Å²) in [7, 11) is 0. The molecule has 0 spiro atoms. The second-order valence-electron chi connectivity index (χ2n) is 4.29. The van der Waals surface area contributed by atoms with Crippen molar-refractivity contribution >= 4 is 33.6 Å². The highest BCUT2D eigenvalue weighted by Crippen LogP contribution is 2.32. The zero-order valence-electron chi connectivity index (χ0n) is 10.3. The number of carbonyl (C=O) groups is 1. The van der Waals surface area contributed by atoms with Gasteiger partial charge in [-0.2, -0.15) is 5.26 Å². The standard InChI is InChI=1S/C15H9BrN2O2/c16-11-4-6-13-10(8-11)3-5-12(9-17)18(13)15(19)14-2-1-7-20-14/h1-8,12H/t12-/m1/s1.